The van der Waals surface area contributed by atoms with Gasteiger partial charge in [-0.05, 0) is 30.9 Å². The van der Waals surface area contributed by atoms with Crippen LogP contribution in [0.15, 0.2) is 27.8 Å². The molecule has 0 amide bonds. The average molecular weight is 292 g/mol. The summed E-state index contributed by atoms with van der Waals surface area (Å²) in [5, 5.41) is 0.537. The van der Waals surface area contributed by atoms with E-state index in [1.54, 1.807) is 12.1 Å². The fourth-order valence-electron chi connectivity index (χ4n) is 3.06. The molecule has 3 unspecified atom stereocenters. The van der Waals surface area contributed by atoms with E-state index in [0.29, 0.717) is 22.4 Å². The summed E-state index contributed by atoms with van der Waals surface area (Å²) in [6.07, 6.45) is 5.64. The Morgan fingerprint density at radius 2 is 2.20 bits per heavy atom. The lowest BCUT2D eigenvalue weighted by Gasteiger charge is -2.28. The van der Waals surface area contributed by atoms with E-state index in [-0.39, 0.29) is 5.25 Å². The molecule has 108 valence electrons. The van der Waals surface area contributed by atoms with Crippen molar-refractivity contribution >= 4 is 27.6 Å². The van der Waals surface area contributed by atoms with Crippen molar-refractivity contribution in [2.45, 2.75) is 49.5 Å². The number of anilines is 1. The number of nitrogen functional groups attached to an aromatic ring is 1. The first-order valence-corrected chi connectivity index (χ1v) is 8.47. The maximum absolute atomic E-state index is 12.7. The second-order valence-corrected chi connectivity index (χ2v) is 7.05. The highest BCUT2D eigenvalue weighted by atomic mass is 32.2. The first-order chi connectivity index (χ1) is 9.69. The van der Waals surface area contributed by atoms with Crippen LogP contribution in [0.4, 0.5) is 5.69 Å². The second kappa shape index (κ2) is 5.56. The molecule has 1 aliphatic carbocycles. The van der Waals surface area contributed by atoms with Gasteiger partial charge in [-0.25, -0.2) is 9.19 Å². The molecule has 1 saturated carbocycles. The number of rotatable bonds is 3. The predicted molar refractivity (Wildman–Crippen MR) is 80.9 cm³/mol. The van der Waals surface area contributed by atoms with Gasteiger partial charge in [-0.1, -0.05) is 26.2 Å². The van der Waals surface area contributed by atoms with Gasteiger partial charge in [0.05, 0.1) is 0 Å². The van der Waals surface area contributed by atoms with Gasteiger partial charge in [0.1, 0.15) is 16.3 Å². The third kappa shape index (κ3) is 2.46. The van der Waals surface area contributed by atoms with E-state index >= 15 is 0 Å². The molecule has 5 heteroatoms. The number of aromatic nitrogens is 1. The number of hydrogen-bond acceptors (Lipinski definition) is 4. The molecule has 1 aromatic carbocycles. The number of hydrogen-bond donors (Lipinski definition) is 1. The normalized spacial score (nSPS) is 24.9. The summed E-state index contributed by atoms with van der Waals surface area (Å²) in [4.78, 5) is 4.38. The van der Waals surface area contributed by atoms with Crippen LogP contribution in [0, 0.1) is 5.92 Å². The van der Waals surface area contributed by atoms with Crippen LogP contribution in [-0.2, 0) is 10.8 Å². The SMILES string of the molecule is CCC1CCCCC1S(=O)c1nc2ccc(N)cc2o1. The molecule has 20 heavy (non-hydrogen) atoms. The number of benzene rings is 1. The van der Waals surface area contributed by atoms with E-state index in [1.165, 1.54) is 12.8 Å². The summed E-state index contributed by atoms with van der Waals surface area (Å²) in [5.74, 6) is 0.518. The van der Waals surface area contributed by atoms with Crippen LogP contribution >= 0.6 is 0 Å². The van der Waals surface area contributed by atoms with E-state index in [9.17, 15) is 4.21 Å². The zero-order chi connectivity index (χ0) is 14.1. The lowest BCUT2D eigenvalue weighted by atomic mass is 9.87. The monoisotopic (exact) mass is 292 g/mol. The topological polar surface area (TPSA) is 69.1 Å². The van der Waals surface area contributed by atoms with Crippen LogP contribution in [-0.4, -0.2) is 14.4 Å². The molecule has 3 atom stereocenters. The molecule has 0 saturated heterocycles. The second-order valence-electron chi connectivity index (χ2n) is 5.50. The van der Waals surface area contributed by atoms with Crippen molar-refractivity contribution in [1.29, 1.82) is 0 Å². The molecule has 1 aliphatic rings. The highest BCUT2D eigenvalue weighted by Crippen LogP contribution is 2.33. The zero-order valence-corrected chi connectivity index (χ0v) is 12.5. The largest absolute Gasteiger partial charge is 0.430 e. The highest BCUT2D eigenvalue weighted by Gasteiger charge is 2.31. The molecule has 0 spiro atoms. The molecule has 2 N–H and O–H groups in total. The van der Waals surface area contributed by atoms with Crippen LogP contribution in [0.3, 0.4) is 0 Å². The molecule has 1 fully saturated rings. The van der Waals surface area contributed by atoms with Gasteiger partial charge in [0.25, 0.3) is 5.22 Å². The summed E-state index contributed by atoms with van der Waals surface area (Å²) in [7, 11) is -1.16. The van der Waals surface area contributed by atoms with Gasteiger partial charge in [-0.15, -0.1) is 0 Å². The van der Waals surface area contributed by atoms with Gasteiger partial charge in [0.15, 0.2) is 5.58 Å². The molecule has 0 aliphatic heterocycles. The fourth-order valence-corrected chi connectivity index (χ4v) is 4.74. The van der Waals surface area contributed by atoms with Gasteiger partial charge in [0.2, 0.25) is 0 Å². The minimum atomic E-state index is -1.16. The molecule has 1 aromatic heterocycles. The van der Waals surface area contributed by atoms with Crippen molar-refractivity contribution < 1.29 is 8.63 Å². The number of nitrogens with two attached hydrogens (primary N) is 1. The summed E-state index contributed by atoms with van der Waals surface area (Å²) in [6, 6.07) is 5.33. The first kappa shape index (κ1) is 13.6. The third-order valence-corrected chi connectivity index (χ3v) is 5.89. The Kier molecular flexibility index (Phi) is 3.78. The van der Waals surface area contributed by atoms with E-state index < -0.39 is 10.8 Å². The van der Waals surface area contributed by atoms with Gasteiger partial charge in [-0.2, -0.15) is 0 Å². The van der Waals surface area contributed by atoms with Crippen LogP contribution < -0.4 is 5.73 Å². The Morgan fingerprint density at radius 3 is 3.00 bits per heavy atom. The molecule has 0 bridgehead atoms. The van der Waals surface area contributed by atoms with Crippen molar-refractivity contribution in [3.05, 3.63) is 18.2 Å². The van der Waals surface area contributed by atoms with E-state index in [2.05, 4.69) is 11.9 Å². The predicted octanol–water partition coefficient (Wildman–Crippen LogP) is 3.49. The van der Waals surface area contributed by atoms with Gasteiger partial charge < -0.3 is 10.2 Å². The van der Waals surface area contributed by atoms with Gasteiger partial charge in [-0.3, -0.25) is 0 Å². The quantitative estimate of drug-likeness (QED) is 0.879. The van der Waals surface area contributed by atoms with Crippen LogP contribution in [0.25, 0.3) is 11.1 Å². The smallest absolute Gasteiger partial charge is 0.288 e. The van der Waals surface area contributed by atoms with Crippen LogP contribution in [0.1, 0.15) is 39.0 Å². The lowest BCUT2D eigenvalue weighted by molar-refractivity contribution is 0.351. The van der Waals surface area contributed by atoms with Crippen LogP contribution in [0.2, 0.25) is 0 Å². The Hall–Kier alpha value is -1.36. The Morgan fingerprint density at radius 1 is 1.40 bits per heavy atom. The van der Waals surface area contributed by atoms with Crippen molar-refractivity contribution in [2.24, 2.45) is 5.92 Å². The Labute approximate surface area is 121 Å². The first-order valence-electron chi connectivity index (χ1n) is 7.25. The van der Waals surface area contributed by atoms with E-state index in [0.717, 1.165) is 24.8 Å². The Bertz CT molecular complexity index is 638. The average Bonchev–Trinajstić information content (AvgIpc) is 2.89. The fraction of sp³-hybridized carbons (Fsp3) is 0.533. The molecule has 1 heterocycles. The van der Waals surface area contributed by atoms with Crippen LogP contribution in [0.5, 0.6) is 0 Å². The summed E-state index contributed by atoms with van der Waals surface area (Å²) in [5.41, 5.74) is 7.72. The number of fused-ring (bicyclic) bond motifs is 1. The summed E-state index contributed by atoms with van der Waals surface area (Å²) >= 11 is 0. The van der Waals surface area contributed by atoms with Crippen molar-refractivity contribution in [3.63, 3.8) is 0 Å². The highest BCUT2D eigenvalue weighted by molar-refractivity contribution is 7.85. The molecular weight excluding hydrogens is 272 g/mol. The standard InChI is InChI=1S/C15H20N2O2S/c1-2-10-5-3-4-6-14(10)20(18)15-17-12-8-7-11(16)9-13(12)19-15/h7-10,14H,2-6,16H2,1H3. The Balaban J connectivity index is 1.91. The van der Waals surface area contributed by atoms with Gasteiger partial charge >= 0.3 is 0 Å². The van der Waals surface area contributed by atoms with Crippen molar-refractivity contribution in [1.82, 2.24) is 4.98 Å². The van der Waals surface area contributed by atoms with Crippen molar-refractivity contribution in [3.8, 4) is 0 Å². The third-order valence-electron chi connectivity index (χ3n) is 4.20. The summed E-state index contributed by atoms with van der Waals surface area (Å²) in [6.45, 7) is 2.17. The summed E-state index contributed by atoms with van der Waals surface area (Å²) < 4.78 is 18.4. The maximum atomic E-state index is 12.7. The molecule has 3 rings (SSSR count). The number of nitrogens with zero attached hydrogens (tertiary/aromatic N) is 1. The lowest BCUT2D eigenvalue weighted by Crippen LogP contribution is -2.28. The minimum Gasteiger partial charge on any atom is -0.430 e. The van der Waals surface area contributed by atoms with Gasteiger partial charge in [0, 0.05) is 17.0 Å². The van der Waals surface area contributed by atoms with E-state index in [1.807, 2.05) is 6.07 Å². The molecule has 4 nitrogen and oxygen atoms in total. The molecule has 2 aromatic rings. The zero-order valence-electron chi connectivity index (χ0n) is 11.7. The van der Waals surface area contributed by atoms with Crippen molar-refractivity contribution in [2.75, 3.05) is 5.73 Å². The maximum Gasteiger partial charge on any atom is 0.288 e. The minimum absolute atomic E-state index is 0.180. The number of oxazole rings is 1. The molecule has 0 radical (unpaired) electrons. The van der Waals surface area contributed by atoms with E-state index in [4.69, 9.17) is 10.2 Å². The molecular formula is C15H20N2O2S.